The van der Waals surface area contributed by atoms with Gasteiger partial charge in [0.1, 0.15) is 17.2 Å². The van der Waals surface area contributed by atoms with Gasteiger partial charge in [-0.25, -0.2) is 8.78 Å². The first-order valence-electron chi connectivity index (χ1n) is 5.50. The third-order valence-electron chi connectivity index (χ3n) is 2.62. The van der Waals surface area contributed by atoms with Crippen molar-refractivity contribution in [3.63, 3.8) is 0 Å². The number of carbonyl (C=O) groups excluding carboxylic acids is 1. The van der Waals surface area contributed by atoms with Gasteiger partial charge in [-0.05, 0) is 59.3 Å². The van der Waals surface area contributed by atoms with E-state index in [2.05, 4.69) is 27.9 Å². The van der Waals surface area contributed by atoms with Crippen LogP contribution in [0.2, 0.25) is 0 Å². The number of halogens is 3. The fourth-order valence-corrected chi connectivity index (χ4v) is 2.09. The van der Waals surface area contributed by atoms with Crippen molar-refractivity contribution in [3.8, 4) is 0 Å². The van der Waals surface area contributed by atoms with Crippen molar-refractivity contribution in [1.82, 2.24) is 0 Å². The third-order valence-corrected chi connectivity index (χ3v) is 3.78. The number of rotatable bonds is 2. The van der Waals surface area contributed by atoms with E-state index < -0.39 is 23.1 Å². The lowest BCUT2D eigenvalue weighted by Crippen LogP contribution is -2.15. The lowest BCUT2D eigenvalue weighted by atomic mass is 10.1. The van der Waals surface area contributed by atoms with Crippen molar-refractivity contribution in [1.29, 1.82) is 0 Å². The Kier molecular flexibility index (Phi) is 4.14. The summed E-state index contributed by atoms with van der Waals surface area (Å²) in [6.07, 6.45) is 0. The Hall–Kier alpha value is -1.50. The first-order chi connectivity index (χ1) is 8.99. The highest BCUT2D eigenvalue weighted by molar-refractivity contribution is 14.1. The van der Waals surface area contributed by atoms with Crippen LogP contribution in [0.3, 0.4) is 0 Å². The SMILES string of the molecule is Cc1ccc(NC(=O)c2c(F)cccc2F)cc1I. The number of hydrogen-bond acceptors (Lipinski definition) is 1. The minimum absolute atomic E-state index is 0.502. The summed E-state index contributed by atoms with van der Waals surface area (Å²) in [5, 5.41) is 2.48. The maximum Gasteiger partial charge on any atom is 0.261 e. The fourth-order valence-electron chi connectivity index (χ4n) is 1.58. The van der Waals surface area contributed by atoms with Crippen molar-refractivity contribution < 1.29 is 13.6 Å². The molecule has 0 unspecified atom stereocenters. The zero-order valence-electron chi connectivity index (χ0n) is 10.0. The number of amides is 1. The Labute approximate surface area is 123 Å². The van der Waals surface area contributed by atoms with Crippen LogP contribution in [0.25, 0.3) is 0 Å². The molecule has 0 radical (unpaired) electrons. The van der Waals surface area contributed by atoms with Crippen molar-refractivity contribution in [2.45, 2.75) is 6.92 Å². The van der Waals surface area contributed by atoms with Crippen molar-refractivity contribution in [2.24, 2.45) is 0 Å². The second-order valence-electron chi connectivity index (χ2n) is 4.01. The normalized spacial score (nSPS) is 10.3. The Morgan fingerprint density at radius 3 is 2.37 bits per heavy atom. The first kappa shape index (κ1) is 13.9. The molecule has 0 aromatic heterocycles. The summed E-state index contributed by atoms with van der Waals surface area (Å²) in [5.41, 5.74) is 0.997. The Morgan fingerprint density at radius 2 is 1.79 bits per heavy atom. The molecule has 1 amide bonds. The number of aryl methyl sites for hydroxylation is 1. The minimum Gasteiger partial charge on any atom is -0.322 e. The highest BCUT2D eigenvalue weighted by atomic mass is 127. The van der Waals surface area contributed by atoms with E-state index in [0.29, 0.717) is 5.69 Å². The number of anilines is 1. The van der Waals surface area contributed by atoms with E-state index in [9.17, 15) is 13.6 Å². The predicted molar refractivity (Wildman–Crippen MR) is 78.2 cm³/mol. The van der Waals surface area contributed by atoms with Gasteiger partial charge >= 0.3 is 0 Å². The van der Waals surface area contributed by atoms with Crippen LogP contribution in [0.15, 0.2) is 36.4 Å². The number of benzene rings is 2. The summed E-state index contributed by atoms with van der Waals surface area (Å²) in [6.45, 7) is 1.93. The second-order valence-corrected chi connectivity index (χ2v) is 5.18. The molecule has 0 saturated heterocycles. The fraction of sp³-hybridized carbons (Fsp3) is 0.0714. The molecule has 0 aliphatic rings. The van der Waals surface area contributed by atoms with Crippen molar-refractivity contribution >= 4 is 34.2 Å². The van der Waals surface area contributed by atoms with Gasteiger partial charge in [-0.3, -0.25) is 4.79 Å². The Morgan fingerprint density at radius 1 is 1.16 bits per heavy atom. The second kappa shape index (κ2) is 5.64. The van der Waals surface area contributed by atoms with E-state index in [4.69, 9.17) is 0 Å². The first-order valence-corrected chi connectivity index (χ1v) is 6.58. The quantitative estimate of drug-likeness (QED) is 0.789. The van der Waals surface area contributed by atoms with Gasteiger partial charge in [0.25, 0.3) is 5.91 Å². The minimum atomic E-state index is -0.876. The van der Waals surface area contributed by atoms with Crippen LogP contribution in [-0.2, 0) is 0 Å². The van der Waals surface area contributed by atoms with E-state index >= 15 is 0 Å². The molecule has 0 fully saturated rings. The monoisotopic (exact) mass is 373 g/mol. The third kappa shape index (κ3) is 3.09. The average molecular weight is 373 g/mol. The molecule has 0 atom stereocenters. The van der Waals surface area contributed by atoms with Crippen LogP contribution < -0.4 is 5.32 Å². The average Bonchev–Trinajstić information content (AvgIpc) is 2.33. The molecule has 0 spiro atoms. The van der Waals surface area contributed by atoms with Gasteiger partial charge in [-0.2, -0.15) is 0 Å². The maximum atomic E-state index is 13.4. The molecule has 19 heavy (non-hydrogen) atoms. The largest absolute Gasteiger partial charge is 0.322 e. The molecule has 2 aromatic rings. The summed E-state index contributed by atoms with van der Waals surface area (Å²) < 4.78 is 27.9. The maximum absolute atomic E-state index is 13.4. The lowest BCUT2D eigenvalue weighted by molar-refractivity contribution is 0.101. The smallest absolute Gasteiger partial charge is 0.261 e. The van der Waals surface area contributed by atoms with Crippen molar-refractivity contribution in [2.75, 3.05) is 5.32 Å². The summed E-state index contributed by atoms with van der Waals surface area (Å²) in [6, 6.07) is 8.58. The molecule has 0 heterocycles. The highest BCUT2D eigenvalue weighted by Gasteiger charge is 2.17. The molecule has 1 N–H and O–H groups in total. The highest BCUT2D eigenvalue weighted by Crippen LogP contribution is 2.19. The van der Waals surface area contributed by atoms with Gasteiger partial charge in [0.05, 0.1) is 0 Å². The van der Waals surface area contributed by atoms with Crippen LogP contribution in [0.1, 0.15) is 15.9 Å². The molecule has 0 saturated carbocycles. The Balaban J connectivity index is 2.28. The molecule has 0 aliphatic carbocycles. The standard InChI is InChI=1S/C14H10F2INO/c1-8-5-6-9(7-12(8)17)18-14(19)13-10(15)3-2-4-11(13)16/h2-7H,1H3,(H,18,19). The van der Waals surface area contributed by atoms with Crippen LogP contribution >= 0.6 is 22.6 Å². The van der Waals surface area contributed by atoms with E-state index in [0.717, 1.165) is 21.3 Å². The number of carbonyl (C=O) groups is 1. The lowest BCUT2D eigenvalue weighted by Gasteiger charge is -2.08. The molecular weight excluding hydrogens is 363 g/mol. The van der Waals surface area contributed by atoms with E-state index in [-0.39, 0.29) is 0 Å². The molecule has 0 bridgehead atoms. The topological polar surface area (TPSA) is 29.1 Å². The van der Waals surface area contributed by atoms with Crippen LogP contribution in [0, 0.1) is 22.1 Å². The summed E-state index contributed by atoms with van der Waals surface area (Å²) >= 11 is 2.13. The Bertz CT molecular complexity index is 623. The molecule has 0 aliphatic heterocycles. The van der Waals surface area contributed by atoms with E-state index in [1.165, 1.54) is 6.07 Å². The van der Waals surface area contributed by atoms with Crippen LogP contribution in [0.5, 0.6) is 0 Å². The van der Waals surface area contributed by atoms with E-state index in [1.807, 2.05) is 13.0 Å². The molecular formula is C14H10F2INO. The van der Waals surface area contributed by atoms with Crippen LogP contribution in [-0.4, -0.2) is 5.91 Å². The summed E-state index contributed by atoms with van der Waals surface area (Å²) in [5.74, 6) is -2.55. The molecule has 2 rings (SSSR count). The van der Waals surface area contributed by atoms with Gasteiger partial charge in [-0.1, -0.05) is 12.1 Å². The zero-order chi connectivity index (χ0) is 14.0. The van der Waals surface area contributed by atoms with Crippen LogP contribution in [0.4, 0.5) is 14.5 Å². The van der Waals surface area contributed by atoms with Gasteiger partial charge in [0, 0.05) is 9.26 Å². The van der Waals surface area contributed by atoms with E-state index in [1.54, 1.807) is 12.1 Å². The summed E-state index contributed by atoms with van der Waals surface area (Å²) in [4.78, 5) is 11.9. The van der Waals surface area contributed by atoms with Gasteiger partial charge in [0.15, 0.2) is 0 Å². The van der Waals surface area contributed by atoms with Crippen molar-refractivity contribution in [3.05, 3.63) is 62.7 Å². The van der Waals surface area contributed by atoms with Gasteiger partial charge in [0.2, 0.25) is 0 Å². The zero-order valence-corrected chi connectivity index (χ0v) is 12.2. The molecule has 2 nitrogen and oxygen atoms in total. The predicted octanol–water partition coefficient (Wildman–Crippen LogP) is 4.13. The van der Waals surface area contributed by atoms with Gasteiger partial charge < -0.3 is 5.32 Å². The van der Waals surface area contributed by atoms with Gasteiger partial charge in [-0.15, -0.1) is 0 Å². The summed E-state index contributed by atoms with van der Waals surface area (Å²) in [7, 11) is 0. The molecule has 98 valence electrons. The molecule has 2 aromatic carbocycles. The number of hydrogen-bond donors (Lipinski definition) is 1. The number of nitrogens with one attached hydrogen (secondary N) is 1. The molecule has 5 heteroatoms.